The van der Waals surface area contributed by atoms with Gasteiger partial charge in [-0.1, -0.05) is 58.0 Å². The number of ether oxygens (including phenoxy) is 1. The second-order valence-electron chi connectivity index (χ2n) is 5.52. The number of hydrogen-bond acceptors (Lipinski definition) is 5. The third-order valence-electron chi connectivity index (χ3n) is 3.65. The van der Waals surface area contributed by atoms with Crippen LogP contribution in [0.5, 0.6) is 5.88 Å². The van der Waals surface area contributed by atoms with Crippen molar-refractivity contribution >= 4 is 82.0 Å². The number of nitrogens with zero attached hydrogens (tertiary/aromatic N) is 4. The third kappa shape index (κ3) is 5.93. The molecule has 1 aromatic heterocycles. The molecule has 0 N–H and O–H groups in total. The highest BCUT2D eigenvalue weighted by Gasteiger charge is 2.35. The first-order valence-electron chi connectivity index (χ1n) is 7.59. The quantitative estimate of drug-likeness (QED) is 0.270. The molecular weight excluding hydrogens is 513 g/mol. The van der Waals surface area contributed by atoms with Crippen LogP contribution in [-0.2, 0) is 4.79 Å². The van der Waals surface area contributed by atoms with Gasteiger partial charge >= 0.3 is 11.6 Å². The van der Waals surface area contributed by atoms with Gasteiger partial charge in [0.1, 0.15) is 12.3 Å². The number of halogens is 6. The van der Waals surface area contributed by atoms with Crippen LogP contribution in [0.4, 0.5) is 5.69 Å². The molecule has 8 nitrogen and oxygen atoms in total. The minimum atomic E-state index is -1.34. The van der Waals surface area contributed by atoms with Crippen LogP contribution in [0.1, 0.15) is 17.5 Å². The van der Waals surface area contributed by atoms with Crippen LogP contribution < -0.4 is 4.74 Å². The Bertz CT molecular complexity index is 897. The molecule has 2 aromatic rings. The van der Waals surface area contributed by atoms with Gasteiger partial charge in [-0.2, -0.15) is 0 Å². The lowest BCUT2D eigenvalue weighted by Gasteiger charge is -2.13. The lowest BCUT2D eigenvalue weighted by molar-refractivity contribution is -0.386. The number of nitro groups is 1. The summed E-state index contributed by atoms with van der Waals surface area (Å²) >= 11 is 30.2. The van der Waals surface area contributed by atoms with Gasteiger partial charge in [-0.05, 0) is 12.1 Å². The summed E-state index contributed by atoms with van der Waals surface area (Å²) in [4.78, 5) is 22.2. The number of hydrogen-bond donors (Lipinski definition) is 0. The number of aromatic nitrogens is 2. The van der Waals surface area contributed by atoms with Crippen LogP contribution in [0.25, 0.3) is 5.69 Å². The van der Waals surface area contributed by atoms with Gasteiger partial charge in [-0.15, -0.1) is 17.5 Å². The Morgan fingerprint density at radius 3 is 2.31 bits per heavy atom. The van der Waals surface area contributed by atoms with Crippen molar-refractivity contribution < 1.29 is 14.5 Å². The van der Waals surface area contributed by atoms with Gasteiger partial charge in [0.25, 0.3) is 0 Å². The molecule has 29 heavy (non-hydrogen) atoms. The molecule has 0 radical (unpaired) electrons. The lowest BCUT2D eigenvalue weighted by Crippen LogP contribution is -2.28. The van der Waals surface area contributed by atoms with Crippen LogP contribution in [0.2, 0.25) is 15.1 Å². The molecular formula is C15H14Cl6N4O4. The van der Waals surface area contributed by atoms with Crippen molar-refractivity contribution in [2.24, 2.45) is 0 Å². The molecule has 0 unspecified atom stereocenters. The number of likely N-dealkylation sites (N-methyl/N-ethyl adjacent to an activating group) is 1. The Hall–Kier alpha value is -1.16. The summed E-state index contributed by atoms with van der Waals surface area (Å²) in [5.41, 5.74) is -0.621. The SMILES string of the molecule is CC(=O)N(C)CCOc1nn(-c2c(Cl)cc(Cl)cc2Cl)c(C(Cl)Cl)c1[N+](=O)[O-].Cl. The van der Waals surface area contributed by atoms with Crippen LogP contribution >= 0.6 is 70.4 Å². The minimum Gasteiger partial charge on any atom is -0.470 e. The van der Waals surface area contributed by atoms with Crippen molar-refractivity contribution in [1.82, 2.24) is 14.7 Å². The molecule has 0 spiro atoms. The molecule has 0 aliphatic rings. The summed E-state index contributed by atoms with van der Waals surface area (Å²) < 4.78 is 6.47. The molecule has 0 saturated carbocycles. The van der Waals surface area contributed by atoms with E-state index < -0.39 is 15.4 Å². The van der Waals surface area contributed by atoms with E-state index in [0.29, 0.717) is 0 Å². The van der Waals surface area contributed by atoms with Crippen molar-refractivity contribution in [3.63, 3.8) is 0 Å². The van der Waals surface area contributed by atoms with Gasteiger partial charge in [-0.25, -0.2) is 4.68 Å². The molecule has 1 heterocycles. The number of benzene rings is 1. The van der Waals surface area contributed by atoms with Gasteiger partial charge < -0.3 is 9.64 Å². The number of alkyl halides is 2. The Labute approximate surface area is 197 Å². The van der Waals surface area contributed by atoms with Crippen molar-refractivity contribution in [2.45, 2.75) is 11.8 Å². The third-order valence-corrected chi connectivity index (χ3v) is 4.86. The van der Waals surface area contributed by atoms with E-state index in [1.165, 1.54) is 24.0 Å². The Morgan fingerprint density at radius 1 is 1.31 bits per heavy atom. The number of rotatable bonds is 7. The number of carbonyl (C=O) groups excluding carboxylic acids is 1. The molecule has 0 aliphatic heterocycles. The first kappa shape index (κ1) is 25.9. The minimum absolute atomic E-state index is 0. The van der Waals surface area contributed by atoms with Crippen LogP contribution in [-0.4, -0.2) is 45.7 Å². The fourth-order valence-corrected chi connectivity index (χ4v) is 3.58. The molecule has 1 amide bonds. The van der Waals surface area contributed by atoms with Crippen LogP contribution in [0.3, 0.4) is 0 Å². The van der Waals surface area contributed by atoms with E-state index in [9.17, 15) is 14.9 Å². The standard InChI is InChI=1S/C15H13Cl5N4O4.ClH/c1-7(25)22(2)3-4-28-15-13(24(26)27)12(14(19)20)23(21-15)11-9(17)5-8(16)6-10(11)18;/h5-6,14H,3-4H2,1-2H3;1H. The Balaban J connectivity index is 0.00000420. The normalized spacial score (nSPS) is 10.6. The summed E-state index contributed by atoms with van der Waals surface area (Å²) in [5, 5.41) is 16.1. The van der Waals surface area contributed by atoms with Gasteiger partial charge in [0.05, 0.1) is 21.5 Å². The average Bonchev–Trinajstić information content (AvgIpc) is 2.93. The Kier molecular flexibility index (Phi) is 9.59. The summed E-state index contributed by atoms with van der Waals surface area (Å²) in [7, 11) is 1.56. The highest BCUT2D eigenvalue weighted by atomic mass is 35.5. The first-order chi connectivity index (χ1) is 13.0. The van der Waals surface area contributed by atoms with Crippen LogP contribution in [0.15, 0.2) is 12.1 Å². The van der Waals surface area contributed by atoms with E-state index in [1.807, 2.05) is 0 Å². The van der Waals surface area contributed by atoms with E-state index in [2.05, 4.69) is 5.10 Å². The second-order valence-corrected chi connectivity index (χ2v) is 7.86. The molecule has 14 heteroatoms. The average molecular weight is 527 g/mol. The maximum Gasteiger partial charge on any atom is 0.356 e. The van der Waals surface area contributed by atoms with Crippen molar-refractivity contribution in [3.8, 4) is 11.6 Å². The fourth-order valence-electron chi connectivity index (χ4n) is 2.21. The van der Waals surface area contributed by atoms with Crippen molar-refractivity contribution in [1.29, 1.82) is 0 Å². The topological polar surface area (TPSA) is 90.5 Å². The van der Waals surface area contributed by atoms with Gasteiger partial charge in [-0.3, -0.25) is 14.9 Å². The van der Waals surface area contributed by atoms with Gasteiger partial charge in [0.15, 0.2) is 10.5 Å². The van der Waals surface area contributed by atoms with E-state index in [4.69, 9.17) is 62.7 Å². The number of amides is 1. The summed E-state index contributed by atoms with van der Waals surface area (Å²) in [5.74, 6) is -0.532. The summed E-state index contributed by atoms with van der Waals surface area (Å²) in [6.45, 7) is 1.51. The second kappa shape index (κ2) is 10.7. The summed E-state index contributed by atoms with van der Waals surface area (Å²) in [6.07, 6.45) is 0. The van der Waals surface area contributed by atoms with Crippen LogP contribution in [0, 0.1) is 10.1 Å². The molecule has 0 saturated heterocycles. The van der Waals surface area contributed by atoms with E-state index >= 15 is 0 Å². The van der Waals surface area contributed by atoms with E-state index in [1.54, 1.807) is 7.05 Å². The summed E-state index contributed by atoms with van der Waals surface area (Å²) in [6, 6.07) is 2.78. The zero-order valence-corrected chi connectivity index (χ0v) is 19.5. The zero-order valence-electron chi connectivity index (χ0n) is 14.9. The number of carbonyl (C=O) groups is 1. The molecule has 0 aliphatic carbocycles. The maximum absolute atomic E-state index is 11.6. The molecule has 2 rings (SSSR count). The Morgan fingerprint density at radius 2 is 1.86 bits per heavy atom. The molecule has 0 fully saturated rings. The molecule has 0 atom stereocenters. The predicted octanol–water partition coefficient (Wildman–Crippen LogP) is 5.50. The van der Waals surface area contributed by atoms with E-state index in [-0.39, 0.29) is 63.8 Å². The van der Waals surface area contributed by atoms with Gasteiger partial charge in [0, 0.05) is 19.0 Å². The fraction of sp³-hybridized carbons (Fsp3) is 0.333. The maximum atomic E-state index is 11.6. The predicted molar refractivity (Wildman–Crippen MR) is 116 cm³/mol. The molecule has 1 aromatic carbocycles. The molecule has 0 bridgehead atoms. The first-order valence-corrected chi connectivity index (χ1v) is 9.60. The largest absolute Gasteiger partial charge is 0.470 e. The van der Waals surface area contributed by atoms with E-state index in [0.717, 1.165) is 4.68 Å². The monoisotopic (exact) mass is 524 g/mol. The lowest BCUT2D eigenvalue weighted by atomic mass is 10.3. The zero-order chi connectivity index (χ0) is 21.2. The highest BCUT2D eigenvalue weighted by Crippen LogP contribution is 2.43. The van der Waals surface area contributed by atoms with Gasteiger partial charge in [0.2, 0.25) is 5.91 Å². The van der Waals surface area contributed by atoms with Crippen molar-refractivity contribution in [3.05, 3.63) is 43.0 Å². The smallest absolute Gasteiger partial charge is 0.356 e. The van der Waals surface area contributed by atoms with Crippen molar-refractivity contribution in [2.75, 3.05) is 20.2 Å². The highest BCUT2D eigenvalue weighted by molar-refractivity contribution is 6.44. The molecule has 160 valence electrons.